The maximum atomic E-state index is 12.4. The summed E-state index contributed by atoms with van der Waals surface area (Å²) in [5, 5.41) is 3.86. The molecule has 0 bridgehead atoms. The monoisotopic (exact) mass is 429 g/mol. The van der Waals surface area contributed by atoms with E-state index in [4.69, 9.17) is 44.3 Å². The molecule has 0 aromatic heterocycles. The highest BCUT2D eigenvalue weighted by Crippen LogP contribution is 2.26. The van der Waals surface area contributed by atoms with Gasteiger partial charge in [0.15, 0.2) is 11.7 Å². The van der Waals surface area contributed by atoms with Crippen molar-refractivity contribution in [2.75, 3.05) is 5.32 Å². The third kappa shape index (κ3) is 6.03. The summed E-state index contributed by atoms with van der Waals surface area (Å²) in [7, 11) is 0. The van der Waals surface area contributed by atoms with Crippen LogP contribution in [-0.4, -0.2) is 23.6 Å². The van der Waals surface area contributed by atoms with E-state index >= 15 is 0 Å². The Bertz CT molecular complexity index is 837. The molecule has 5 nitrogen and oxygen atoms in total. The summed E-state index contributed by atoms with van der Waals surface area (Å²) in [6.07, 6.45) is -1.06. The first kappa shape index (κ1) is 21.4. The van der Waals surface area contributed by atoms with E-state index in [1.54, 1.807) is 50.2 Å². The van der Waals surface area contributed by atoms with Gasteiger partial charge in [-0.25, -0.2) is 4.79 Å². The van der Waals surface area contributed by atoms with E-state index in [1.165, 1.54) is 13.0 Å². The van der Waals surface area contributed by atoms with Crippen molar-refractivity contribution < 1.29 is 19.1 Å². The summed E-state index contributed by atoms with van der Waals surface area (Å²) in [6, 6.07) is 11.2. The van der Waals surface area contributed by atoms with E-state index in [9.17, 15) is 9.59 Å². The highest BCUT2D eigenvalue weighted by Gasteiger charge is 2.34. The van der Waals surface area contributed by atoms with Gasteiger partial charge < -0.3 is 14.8 Å². The Morgan fingerprint density at radius 2 is 1.59 bits per heavy atom. The number of carbonyl (C=O) groups excluding carboxylic acids is 2. The predicted octanol–water partition coefficient (Wildman–Crippen LogP) is 5.37. The molecule has 2 rings (SSSR count). The highest BCUT2D eigenvalue weighted by molar-refractivity contribution is 6.36. The summed E-state index contributed by atoms with van der Waals surface area (Å²) in [6.45, 7) is 4.55. The number of amides is 1. The zero-order chi connectivity index (χ0) is 20.2. The molecule has 0 fully saturated rings. The minimum atomic E-state index is -1.31. The quantitative estimate of drug-likeness (QED) is 0.625. The van der Waals surface area contributed by atoms with Crippen molar-refractivity contribution in [2.24, 2.45) is 0 Å². The molecule has 2 aromatic rings. The van der Waals surface area contributed by atoms with Crippen molar-refractivity contribution in [3.63, 3.8) is 0 Å². The SMILES string of the molecule is CC(OC(=O)C(C)(C)Oc1ccc(Cl)cc1)C(=O)Nc1ccc(Cl)cc1Cl. The summed E-state index contributed by atoms with van der Waals surface area (Å²) in [5.41, 5.74) is -0.939. The van der Waals surface area contributed by atoms with Gasteiger partial charge in [0.25, 0.3) is 5.91 Å². The molecule has 8 heteroatoms. The summed E-state index contributed by atoms with van der Waals surface area (Å²) in [5.74, 6) is -0.774. The maximum Gasteiger partial charge on any atom is 0.350 e. The van der Waals surface area contributed by atoms with Crippen LogP contribution in [0.4, 0.5) is 5.69 Å². The average molecular weight is 431 g/mol. The second-order valence-electron chi connectivity index (χ2n) is 6.23. The average Bonchev–Trinajstić information content (AvgIpc) is 2.59. The molecule has 1 atom stereocenters. The Balaban J connectivity index is 1.98. The van der Waals surface area contributed by atoms with Crippen LogP contribution in [0.5, 0.6) is 5.75 Å². The Morgan fingerprint density at radius 1 is 1.00 bits per heavy atom. The van der Waals surface area contributed by atoms with Gasteiger partial charge in [-0.05, 0) is 63.2 Å². The smallest absolute Gasteiger partial charge is 0.350 e. The molecule has 0 aliphatic heterocycles. The topological polar surface area (TPSA) is 64.6 Å². The fourth-order valence-corrected chi connectivity index (χ4v) is 2.60. The second kappa shape index (κ2) is 8.83. The van der Waals surface area contributed by atoms with Gasteiger partial charge in [-0.1, -0.05) is 34.8 Å². The van der Waals surface area contributed by atoms with E-state index in [0.717, 1.165) is 0 Å². The number of nitrogens with one attached hydrogen (secondary N) is 1. The lowest BCUT2D eigenvalue weighted by Crippen LogP contribution is -2.43. The Morgan fingerprint density at radius 3 is 2.19 bits per heavy atom. The number of esters is 1. The lowest BCUT2D eigenvalue weighted by molar-refractivity contribution is -0.166. The van der Waals surface area contributed by atoms with Crippen molar-refractivity contribution >= 4 is 52.4 Å². The van der Waals surface area contributed by atoms with Gasteiger partial charge in [0.05, 0.1) is 10.7 Å². The highest BCUT2D eigenvalue weighted by atomic mass is 35.5. The number of halogens is 3. The minimum Gasteiger partial charge on any atom is -0.476 e. The van der Waals surface area contributed by atoms with Crippen LogP contribution in [0.25, 0.3) is 0 Å². The van der Waals surface area contributed by atoms with Gasteiger partial charge in [-0.15, -0.1) is 0 Å². The normalized spacial score (nSPS) is 12.2. The van der Waals surface area contributed by atoms with E-state index < -0.39 is 23.6 Å². The zero-order valence-electron chi connectivity index (χ0n) is 14.9. The molecule has 0 aliphatic carbocycles. The number of hydrogen-bond acceptors (Lipinski definition) is 4. The lowest BCUT2D eigenvalue weighted by atomic mass is 10.1. The molecular formula is C19H18Cl3NO4. The molecule has 1 amide bonds. The van der Waals surface area contributed by atoms with Crippen LogP contribution < -0.4 is 10.1 Å². The molecule has 0 saturated carbocycles. The van der Waals surface area contributed by atoms with E-state index in [-0.39, 0.29) is 5.02 Å². The van der Waals surface area contributed by atoms with Crippen LogP contribution in [-0.2, 0) is 14.3 Å². The van der Waals surface area contributed by atoms with Gasteiger partial charge in [0, 0.05) is 10.0 Å². The van der Waals surface area contributed by atoms with Crippen molar-refractivity contribution in [1.82, 2.24) is 0 Å². The third-order valence-electron chi connectivity index (χ3n) is 3.52. The number of rotatable bonds is 6. The van der Waals surface area contributed by atoms with Crippen LogP contribution in [0.15, 0.2) is 42.5 Å². The molecule has 27 heavy (non-hydrogen) atoms. The summed E-state index contributed by atoms with van der Waals surface area (Å²) in [4.78, 5) is 24.7. The van der Waals surface area contributed by atoms with Crippen molar-refractivity contribution in [2.45, 2.75) is 32.5 Å². The first-order chi connectivity index (χ1) is 12.6. The van der Waals surface area contributed by atoms with Crippen LogP contribution in [0.3, 0.4) is 0 Å². The van der Waals surface area contributed by atoms with Crippen LogP contribution in [0.1, 0.15) is 20.8 Å². The van der Waals surface area contributed by atoms with E-state index in [1.807, 2.05) is 0 Å². The molecule has 144 valence electrons. The predicted molar refractivity (Wildman–Crippen MR) is 107 cm³/mol. The lowest BCUT2D eigenvalue weighted by Gasteiger charge is -2.26. The van der Waals surface area contributed by atoms with Crippen molar-refractivity contribution in [1.29, 1.82) is 0 Å². The molecule has 0 radical (unpaired) electrons. The van der Waals surface area contributed by atoms with Crippen LogP contribution >= 0.6 is 34.8 Å². The molecule has 1 unspecified atom stereocenters. The van der Waals surface area contributed by atoms with E-state index in [2.05, 4.69) is 5.32 Å². The largest absolute Gasteiger partial charge is 0.476 e. The maximum absolute atomic E-state index is 12.4. The van der Waals surface area contributed by atoms with Gasteiger partial charge in [0.1, 0.15) is 5.75 Å². The fraction of sp³-hybridized carbons (Fsp3) is 0.263. The molecule has 2 aromatic carbocycles. The summed E-state index contributed by atoms with van der Waals surface area (Å²) >= 11 is 17.7. The first-order valence-electron chi connectivity index (χ1n) is 8.00. The number of benzene rings is 2. The van der Waals surface area contributed by atoms with Crippen molar-refractivity contribution in [3.8, 4) is 5.75 Å². The number of hydrogen-bond donors (Lipinski definition) is 1. The zero-order valence-corrected chi connectivity index (χ0v) is 17.2. The molecular weight excluding hydrogens is 413 g/mol. The Labute approximate surface area is 172 Å². The van der Waals surface area contributed by atoms with Gasteiger partial charge >= 0.3 is 5.97 Å². The molecule has 1 N–H and O–H groups in total. The second-order valence-corrected chi connectivity index (χ2v) is 7.51. The van der Waals surface area contributed by atoms with Crippen molar-refractivity contribution in [3.05, 3.63) is 57.5 Å². The summed E-state index contributed by atoms with van der Waals surface area (Å²) < 4.78 is 10.9. The number of ether oxygens (including phenoxy) is 2. The molecule has 0 aliphatic rings. The number of carbonyl (C=O) groups is 2. The van der Waals surface area contributed by atoms with Gasteiger partial charge in [0.2, 0.25) is 0 Å². The Hall–Kier alpha value is -1.95. The van der Waals surface area contributed by atoms with E-state index in [0.29, 0.717) is 21.5 Å². The van der Waals surface area contributed by atoms with Crippen LogP contribution in [0.2, 0.25) is 15.1 Å². The van der Waals surface area contributed by atoms with Crippen LogP contribution in [0, 0.1) is 0 Å². The minimum absolute atomic E-state index is 0.278. The van der Waals surface area contributed by atoms with Gasteiger partial charge in [-0.3, -0.25) is 4.79 Å². The number of anilines is 1. The molecule has 0 spiro atoms. The molecule has 0 heterocycles. The molecule has 0 saturated heterocycles. The first-order valence-corrected chi connectivity index (χ1v) is 9.13. The Kier molecular flexibility index (Phi) is 6.98. The third-order valence-corrected chi connectivity index (χ3v) is 4.32. The standard InChI is InChI=1S/C19H18Cl3NO4/c1-11(17(24)23-16-9-6-13(21)10-15(16)22)26-18(25)19(2,3)27-14-7-4-12(20)5-8-14/h4-11H,1-3H3,(H,23,24). The van der Waals surface area contributed by atoms with Gasteiger partial charge in [-0.2, -0.15) is 0 Å². The fourth-order valence-electron chi connectivity index (χ4n) is 2.02.